The van der Waals surface area contributed by atoms with E-state index in [1.54, 1.807) is 0 Å². The summed E-state index contributed by atoms with van der Waals surface area (Å²) in [6, 6.07) is 12.9. The second-order valence-corrected chi connectivity index (χ2v) is 8.72. The molecule has 2 N–H and O–H groups in total. The van der Waals surface area contributed by atoms with Crippen LogP contribution in [0.15, 0.2) is 53.6 Å². The molecule has 0 bridgehead atoms. The Morgan fingerprint density at radius 3 is 2.62 bits per heavy atom. The van der Waals surface area contributed by atoms with E-state index in [-0.39, 0.29) is 17.4 Å². The third-order valence-electron chi connectivity index (χ3n) is 5.57. The maximum atomic E-state index is 14.5. The van der Waals surface area contributed by atoms with Gasteiger partial charge in [-0.15, -0.1) is 0 Å². The van der Waals surface area contributed by atoms with Crippen molar-refractivity contribution in [3.63, 3.8) is 0 Å². The smallest absolute Gasteiger partial charge is 0.247 e. The molecule has 29 heavy (non-hydrogen) atoms. The minimum absolute atomic E-state index is 0.0589. The number of nitrogens with zero attached hydrogens (tertiary/aromatic N) is 2. The quantitative estimate of drug-likeness (QED) is 0.751. The Balaban J connectivity index is 1.82. The summed E-state index contributed by atoms with van der Waals surface area (Å²) in [5, 5.41) is 6.40. The molecule has 1 unspecified atom stereocenters. The van der Waals surface area contributed by atoms with Gasteiger partial charge in [-0.25, -0.2) is 13.8 Å². The van der Waals surface area contributed by atoms with Crippen LogP contribution >= 0.6 is 11.8 Å². The van der Waals surface area contributed by atoms with Crippen LogP contribution in [0, 0.1) is 17.6 Å². The number of halogens is 2. The highest BCUT2D eigenvalue weighted by Crippen LogP contribution is 2.51. The first-order valence-corrected chi connectivity index (χ1v) is 10.7. The lowest BCUT2D eigenvalue weighted by Crippen LogP contribution is -2.45. The lowest BCUT2D eigenvalue weighted by atomic mass is 9.84. The standard InChI is InChI=1S/C22H23F2N3OS/c23-17-10-11-19(24)18(14-17)20-26-27(21(28)15-6-4-7-15)22(29-20,12-5-13-25)16-8-2-1-3-9-16/h1-3,8-11,14-15H,4-7,12-13,25H2. The number of thioether (sulfide) groups is 1. The van der Waals surface area contributed by atoms with E-state index in [0.717, 1.165) is 43.0 Å². The summed E-state index contributed by atoms with van der Waals surface area (Å²) >= 11 is 1.31. The molecule has 0 spiro atoms. The van der Waals surface area contributed by atoms with Gasteiger partial charge in [-0.2, -0.15) is 5.10 Å². The average molecular weight is 416 g/mol. The molecule has 4 rings (SSSR count). The Kier molecular flexibility index (Phi) is 5.69. The van der Waals surface area contributed by atoms with Gasteiger partial charge in [-0.3, -0.25) is 4.79 Å². The highest BCUT2D eigenvalue weighted by atomic mass is 32.2. The first kappa shape index (κ1) is 20.0. The van der Waals surface area contributed by atoms with Crippen molar-refractivity contribution in [2.24, 2.45) is 16.8 Å². The zero-order valence-corrected chi connectivity index (χ0v) is 16.8. The normalized spacial score (nSPS) is 21.8. The topological polar surface area (TPSA) is 58.7 Å². The molecule has 2 aliphatic rings. The zero-order valence-electron chi connectivity index (χ0n) is 16.0. The Hall–Kier alpha value is -2.25. The van der Waals surface area contributed by atoms with Crippen LogP contribution < -0.4 is 5.73 Å². The van der Waals surface area contributed by atoms with Crippen molar-refractivity contribution in [1.82, 2.24) is 5.01 Å². The zero-order chi connectivity index (χ0) is 20.4. The molecule has 152 valence electrons. The summed E-state index contributed by atoms with van der Waals surface area (Å²) in [7, 11) is 0. The third-order valence-corrected chi connectivity index (χ3v) is 7.01. The van der Waals surface area contributed by atoms with Crippen molar-refractivity contribution >= 4 is 22.7 Å². The molecule has 0 saturated heterocycles. The van der Waals surface area contributed by atoms with Crippen molar-refractivity contribution in [3.8, 4) is 0 Å². The molecular weight excluding hydrogens is 392 g/mol. The van der Waals surface area contributed by atoms with Gasteiger partial charge < -0.3 is 5.73 Å². The van der Waals surface area contributed by atoms with Crippen LogP contribution in [0.2, 0.25) is 0 Å². The molecule has 1 fully saturated rings. The van der Waals surface area contributed by atoms with E-state index >= 15 is 0 Å². The first-order valence-electron chi connectivity index (χ1n) is 9.88. The SMILES string of the molecule is NCCCC1(c2ccccc2)SC(c2cc(F)ccc2F)=NN1C(=O)C1CCC1. The van der Waals surface area contributed by atoms with Crippen molar-refractivity contribution < 1.29 is 13.6 Å². The van der Waals surface area contributed by atoms with Crippen LogP contribution in [-0.4, -0.2) is 22.5 Å². The second kappa shape index (κ2) is 8.24. The first-order chi connectivity index (χ1) is 14.0. The van der Waals surface area contributed by atoms with Gasteiger partial charge in [0, 0.05) is 11.5 Å². The fraction of sp³-hybridized carbons (Fsp3) is 0.364. The lowest BCUT2D eigenvalue weighted by Gasteiger charge is -2.39. The maximum absolute atomic E-state index is 14.5. The number of benzene rings is 2. The molecule has 1 atom stereocenters. The summed E-state index contributed by atoms with van der Waals surface area (Å²) in [5.74, 6) is -1.23. The van der Waals surface area contributed by atoms with Gasteiger partial charge >= 0.3 is 0 Å². The summed E-state index contributed by atoms with van der Waals surface area (Å²) in [6.07, 6.45) is 3.93. The van der Waals surface area contributed by atoms with Gasteiger partial charge in [-0.05, 0) is 56.0 Å². The number of nitrogens with two attached hydrogens (primary N) is 1. The highest BCUT2D eigenvalue weighted by molar-refractivity contribution is 8.15. The number of rotatable bonds is 6. The summed E-state index contributed by atoms with van der Waals surface area (Å²) in [6.45, 7) is 0.463. The molecule has 2 aromatic carbocycles. The van der Waals surface area contributed by atoms with E-state index in [0.29, 0.717) is 24.4 Å². The second-order valence-electron chi connectivity index (χ2n) is 7.45. The minimum atomic E-state index is -0.818. The van der Waals surface area contributed by atoms with Crippen molar-refractivity contribution in [3.05, 3.63) is 71.3 Å². The van der Waals surface area contributed by atoms with E-state index in [4.69, 9.17) is 5.73 Å². The number of amides is 1. The van der Waals surface area contributed by atoms with Crippen molar-refractivity contribution in [1.29, 1.82) is 0 Å². The average Bonchev–Trinajstić information content (AvgIpc) is 3.08. The molecule has 1 amide bonds. The van der Waals surface area contributed by atoms with Crippen LogP contribution in [0.25, 0.3) is 0 Å². The molecule has 1 saturated carbocycles. The monoisotopic (exact) mass is 415 g/mol. The van der Waals surface area contributed by atoms with E-state index in [1.807, 2.05) is 30.3 Å². The van der Waals surface area contributed by atoms with Crippen LogP contribution in [0.1, 0.15) is 43.2 Å². The van der Waals surface area contributed by atoms with E-state index < -0.39 is 16.5 Å². The van der Waals surface area contributed by atoms with Crippen molar-refractivity contribution in [2.45, 2.75) is 37.0 Å². The van der Waals surface area contributed by atoms with Gasteiger partial charge in [0.05, 0.1) is 0 Å². The van der Waals surface area contributed by atoms with Gasteiger partial charge in [0.2, 0.25) is 5.91 Å². The number of carbonyl (C=O) groups excluding carboxylic acids is 1. The molecule has 4 nitrogen and oxygen atoms in total. The highest BCUT2D eigenvalue weighted by Gasteiger charge is 2.50. The fourth-order valence-electron chi connectivity index (χ4n) is 3.74. The molecule has 0 aromatic heterocycles. The Bertz CT molecular complexity index is 933. The Morgan fingerprint density at radius 1 is 1.21 bits per heavy atom. The predicted octanol–water partition coefficient (Wildman–Crippen LogP) is 4.59. The molecule has 1 aliphatic heterocycles. The summed E-state index contributed by atoms with van der Waals surface area (Å²) in [4.78, 5) is 12.5. The van der Waals surface area contributed by atoms with Gasteiger partial charge in [0.1, 0.15) is 21.5 Å². The van der Waals surface area contributed by atoms with Crippen LogP contribution in [0.3, 0.4) is 0 Å². The van der Waals surface area contributed by atoms with Crippen LogP contribution in [0.4, 0.5) is 8.78 Å². The Labute approximate surface area is 173 Å². The number of carbonyl (C=O) groups is 1. The maximum Gasteiger partial charge on any atom is 0.247 e. The van der Waals surface area contributed by atoms with E-state index in [1.165, 1.54) is 16.8 Å². The van der Waals surface area contributed by atoms with Crippen molar-refractivity contribution in [2.75, 3.05) is 6.54 Å². The van der Waals surface area contributed by atoms with E-state index in [9.17, 15) is 13.6 Å². The van der Waals surface area contributed by atoms with Gasteiger partial charge in [0.25, 0.3) is 0 Å². The summed E-state index contributed by atoms with van der Waals surface area (Å²) in [5.41, 5.74) is 6.77. The minimum Gasteiger partial charge on any atom is -0.330 e. The van der Waals surface area contributed by atoms with Crippen LogP contribution in [-0.2, 0) is 9.67 Å². The molecule has 1 aliphatic carbocycles. The van der Waals surface area contributed by atoms with Gasteiger partial charge in [0.15, 0.2) is 0 Å². The molecule has 2 aromatic rings. The number of hydrogen-bond acceptors (Lipinski definition) is 4. The predicted molar refractivity (Wildman–Crippen MR) is 111 cm³/mol. The molecular formula is C22H23F2N3OS. The molecule has 0 radical (unpaired) electrons. The molecule has 1 heterocycles. The molecule has 7 heteroatoms. The Morgan fingerprint density at radius 2 is 1.97 bits per heavy atom. The fourth-order valence-corrected chi connectivity index (χ4v) is 5.17. The third kappa shape index (κ3) is 3.69. The largest absolute Gasteiger partial charge is 0.330 e. The summed E-state index contributed by atoms with van der Waals surface area (Å²) < 4.78 is 28.3. The number of hydrazone groups is 1. The van der Waals surface area contributed by atoms with Crippen LogP contribution in [0.5, 0.6) is 0 Å². The lowest BCUT2D eigenvalue weighted by molar-refractivity contribution is -0.142. The van der Waals surface area contributed by atoms with E-state index in [2.05, 4.69) is 5.10 Å². The number of hydrogen-bond donors (Lipinski definition) is 1. The van der Waals surface area contributed by atoms with Gasteiger partial charge in [-0.1, -0.05) is 48.5 Å².